The molecule has 141 valence electrons. The number of fused-ring (bicyclic) bond motifs is 1. The Kier molecular flexibility index (Phi) is 4.39. The van der Waals surface area contributed by atoms with Crippen LogP contribution in [-0.4, -0.2) is 30.0 Å². The molecule has 3 aromatic rings. The van der Waals surface area contributed by atoms with E-state index in [1.165, 1.54) is 4.68 Å². The Balaban J connectivity index is 1.93. The first-order valence-electron chi connectivity index (χ1n) is 8.85. The summed E-state index contributed by atoms with van der Waals surface area (Å²) >= 11 is 0. The highest BCUT2D eigenvalue weighted by Crippen LogP contribution is 2.43. The minimum atomic E-state index is -0.623. The molecule has 28 heavy (non-hydrogen) atoms. The van der Waals surface area contributed by atoms with Crippen LogP contribution in [0.15, 0.2) is 54.6 Å². The van der Waals surface area contributed by atoms with Gasteiger partial charge in [-0.3, -0.25) is 0 Å². The van der Waals surface area contributed by atoms with Crippen LogP contribution in [0.1, 0.15) is 22.4 Å². The number of allylic oxidation sites excluding steroid dienone is 1. The minimum absolute atomic E-state index is 0.512. The number of benzene rings is 2. The number of carbonyl (C=O) groups is 1. The second-order valence-electron chi connectivity index (χ2n) is 6.64. The topological polar surface area (TPSA) is 79.4 Å². The van der Waals surface area contributed by atoms with E-state index in [0.717, 1.165) is 22.4 Å². The third kappa shape index (κ3) is 2.74. The van der Waals surface area contributed by atoms with E-state index < -0.39 is 11.4 Å². The van der Waals surface area contributed by atoms with Gasteiger partial charge < -0.3 is 15.2 Å². The summed E-state index contributed by atoms with van der Waals surface area (Å²) in [5, 5.41) is 4.03. The number of aromatic nitrogens is 2. The lowest BCUT2D eigenvalue weighted by Gasteiger charge is -2.35. The molecular weight excluding hydrogens is 354 g/mol. The van der Waals surface area contributed by atoms with Gasteiger partial charge >= 0.3 is 6.03 Å². The molecule has 0 fully saturated rings. The first-order valence-corrected chi connectivity index (χ1v) is 8.85. The van der Waals surface area contributed by atoms with Crippen LogP contribution in [0.5, 0.6) is 11.5 Å². The number of primary amides is 1. The number of hydrogen-bond acceptors (Lipinski definition) is 4. The van der Waals surface area contributed by atoms with E-state index in [1.807, 2.05) is 42.5 Å². The zero-order valence-corrected chi connectivity index (χ0v) is 15.7. The Morgan fingerprint density at radius 2 is 1.86 bits per heavy atom. The number of methoxy groups -OCH3 is 2. The summed E-state index contributed by atoms with van der Waals surface area (Å²) in [5.41, 5.74) is 8.59. The molecule has 4 rings (SSSR count). The predicted octanol–water partition coefficient (Wildman–Crippen LogP) is 3.18. The molecule has 0 aliphatic heterocycles. The van der Waals surface area contributed by atoms with Gasteiger partial charge in [0.15, 0.2) is 11.5 Å². The van der Waals surface area contributed by atoms with Crippen LogP contribution >= 0.6 is 0 Å². The first-order chi connectivity index (χ1) is 13.6. The highest BCUT2D eigenvalue weighted by molar-refractivity contribution is 5.77. The Hall–Kier alpha value is -3.54. The first kappa shape index (κ1) is 17.9. The van der Waals surface area contributed by atoms with Crippen molar-refractivity contribution < 1.29 is 14.3 Å². The molecular formula is C22H20N3O3. The number of hydrogen-bond donors (Lipinski definition) is 1. The maximum Gasteiger partial charge on any atom is 0.339 e. The van der Waals surface area contributed by atoms with Gasteiger partial charge in [0, 0.05) is 17.4 Å². The lowest BCUT2D eigenvalue weighted by molar-refractivity contribution is 0.246. The van der Waals surface area contributed by atoms with Crippen molar-refractivity contribution in [2.75, 3.05) is 14.2 Å². The van der Waals surface area contributed by atoms with Gasteiger partial charge in [0.1, 0.15) is 6.20 Å². The summed E-state index contributed by atoms with van der Waals surface area (Å²) in [7, 11) is 3.22. The molecule has 0 saturated carbocycles. The average molecular weight is 374 g/mol. The van der Waals surface area contributed by atoms with Crippen molar-refractivity contribution >= 4 is 12.1 Å². The molecule has 1 heterocycles. The fourth-order valence-corrected chi connectivity index (χ4v) is 3.79. The molecule has 1 aliphatic carbocycles. The lowest BCUT2D eigenvalue weighted by atomic mass is 9.68. The summed E-state index contributed by atoms with van der Waals surface area (Å²) in [5.74, 6) is 1.30. The highest BCUT2D eigenvalue weighted by atomic mass is 16.5. The van der Waals surface area contributed by atoms with Gasteiger partial charge in [-0.15, -0.1) is 0 Å². The van der Waals surface area contributed by atoms with Crippen LogP contribution in [0.3, 0.4) is 0 Å². The van der Waals surface area contributed by atoms with Crippen molar-refractivity contribution in [1.29, 1.82) is 0 Å². The number of nitrogens with zero attached hydrogens (tertiary/aromatic N) is 2. The third-order valence-corrected chi connectivity index (χ3v) is 5.21. The van der Waals surface area contributed by atoms with E-state index >= 15 is 0 Å². The van der Waals surface area contributed by atoms with Gasteiger partial charge in [-0.05, 0) is 23.3 Å². The molecule has 0 saturated heterocycles. The highest BCUT2D eigenvalue weighted by Gasteiger charge is 2.37. The summed E-state index contributed by atoms with van der Waals surface area (Å²) < 4.78 is 12.1. The molecule has 1 aromatic heterocycles. The Morgan fingerprint density at radius 3 is 2.54 bits per heavy atom. The van der Waals surface area contributed by atoms with Gasteiger partial charge in [-0.25, -0.2) is 4.79 Å². The van der Waals surface area contributed by atoms with Crippen LogP contribution in [0.4, 0.5) is 4.79 Å². The number of rotatable bonds is 4. The third-order valence-electron chi connectivity index (χ3n) is 5.21. The number of carbonyl (C=O) groups excluding carboxylic acids is 1. The van der Waals surface area contributed by atoms with Gasteiger partial charge in [0.05, 0.1) is 19.9 Å². The van der Waals surface area contributed by atoms with E-state index in [4.69, 9.17) is 15.2 Å². The van der Waals surface area contributed by atoms with Crippen molar-refractivity contribution in [1.82, 2.24) is 9.78 Å². The van der Waals surface area contributed by atoms with Gasteiger partial charge in [-0.1, -0.05) is 48.6 Å². The molecule has 1 atom stereocenters. The standard InChI is InChI=1S/C22H20N3O3/c1-27-19-9-8-17(12-20(19)28-2)22(16-6-4-3-5-7-16)11-10-15-14-24-25(21(23)26)18(15)13-22/h3-12H,13H2,1-2H3,(H2,23,26). The molecule has 0 bridgehead atoms. The van der Waals surface area contributed by atoms with E-state index in [1.54, 1.807) is 14.2 Å². The van der Waals surface area contributed by atoms with Gasteiger partial charge in [0.2, 0.25) is 0 Å². The summed E-state index contributed by atoms with van der Waals surface area (Å²) in [4.78, 5) is 11.8. The fraction of sp³-hybridized carbons (Fsp3) is 0.182. The van der Waals surface area contributed by atoms with Crippen LogP contribution in [0.25, 0.3) is 6.08 Å². The van der Waals surface area contributed by atoms with E-state index in [0.29, 0.717) is 17.9 Å². The quantitative estimate of drug-likeness (QED) is 0.761. The van der Waals surface area contributed by atoms with Crippen molar-refractivity contribution in [3.05, 3.63) is 83.2 Å². The van der Waals surface area contributed by atoms with Crippen LogP contribution in [-0.2, 0) is 11.8 Å². The van der Waals surface area contributed by atoms with Crippen LogP contribution < -0.4 is 15.2 Å². The fourth-order valence-electron chi connectivity index (χ4n) is 3.79. The van der Waals surface area contributed by atoms with E-state index in [-0.39, 0.29) is 0 Å². The Labute approximate surface area is 163 Å². The van der Waals surface area contributed by atoms with Crippen molar-refractivity contribution in [2.24, 2.45) is 5.73 Å². The smallest absolute Gasteiger partial charge is 0.339 e. The molecule has 6 heteroatoms. The zero-order valence-electron chi connectivity index (χ0n) is 15.7. The maximum atomic E-state index is 11.8. The normalized spacial score (nSPS) is 17.8. The maximum absolute atomic E-state index is 11.8. The summed E-state index contributed by atoms with van der Waals surface area (Å²) in [6.45, 7) is 0. The molecule has 2 N–H and O–H groups in total. The molecule has 1 radical (unpaired) electrons. The molecule has 1 unspecified atom stereocenters. The number of ether oxygens (including phenoxy) is 2. The van der Waals surface area contributed by atoms with E-state index in [2.05, 4.69) is 29.5 Å². The van der Waals surface area contributed by atoms with Gasteiger partial charge in [0.25, 0.3) is 0 Å². The zero-order chi connectivity index (χ0) is 19.7. The average Bonchev–Trinajstić information content (AvgIpc) is 3.17. The monoisotopic (exact) mass is 374 g/mol. The second-order valence-corrected chi connectivity index (χ2v) is 6.64. The summed E-state index contributed by atoms with van der Waals surface area (Å²) in [6, 6.07) is 15.4. The molecule has 1 amide bonds. The van der Waals surface area contributed by atoms with Gasteiger partial charge in [-0.2, -0.15) is 9.78 Å². The number of nitrogens with two attached hydrogens (primary N) is 1. The molecule has 1 aliphatic rings. The predicted molar refractivity (Wildman–Crippen MR) is 106 cm³/mol. The van der Waals surface area contributed by atoms with Crippen molar-refractivity contribution in [3.63, 3.8) is 0 Å². The Morgan fingerprint density at radius 1 is 1.11 bits per heavy atom. The second kappa shape index (κ2) is 6.88. The Bertz CT molecular complexity index is 1060. The molecule has 0 spiro atoms. The summed E-state index contributed by atoms with van der Waals surface area (Å²) in [6.07, 6.45) is 7.44. The largest absolute Gasteiger partial charge is 0.493 e. The van der Waals surface area contributed by atoms with Crippen molar-refractivity contribution in [3.8, 4) is 11.5 Å². The molecule has 2 aromatic carbocycles. The number of amides is 1. The molecule has 6 nitrogen and oxygen atoms in total. The van der Waals surface area contributed by atoms with Crippen LogP contribution in [0, 0.1) is 6.20 Å². The van der Waals surface area contributed by atoms with E-state index in [9.17, 15) is 4.79 Å². The lowest BCUT2D eigenvalue weighted by Crippen LogP contribution is -2.33. The SMILES string of the molecule is COc1ccc(C2(c3ccccc3)C=Cc3[c]nn(C(N)=O)c3C2)cc1OC. The minimum Gasteiger partial charge on any atom is -0.493 e. The van der Waals surface area contributed by atoms with Crippen LogP contribution in [0.2, 0.25) is 0 Å². The van der Waals surface area contributed by atoms with Crippen molar-refractivity contribution in [2.45, 2.75) is 11.8 Å².